The zero-order chi connectivity index (χ0) is 27.9. The molecule has 1 heterocycles. The Kier molecular flexibility index (Phi) is 10.1. The summed E-state index contributed by atoms with van der Waals surface area (Å²) in [6.07, 6.45) is 1.94. The van der Waals surface area contributed by atoms with Crippen molar-refractivity contribution in [3.8, 4) is 11.3 Å². The molecule has 7 nitrogen and oxygen atoms in total. The number of methoxy groups -OCH3 is 2. The molecule has 0 saturated heterocycles. The van der Waals surface area contributed by atoms with Crippen molar-refractivity contribution in [2.45, 2.75) is 58.3 Å². The molecule has 3 atom stereocenters. The second-order valence-corrected chi connectivity index (χ2v) is 10.5. The van der Waals surface area contributed by atoms with Crippen molar-refractivity contribution < 1.29 is 23.0 Å². The molecule has 0 aliphatic heterocycles. The molecule has 0 radical (unpaired) electrons. The Morgan fingerprint density at radius 1 is 1.11 bits per heavy atom. The SMILES string of the molecule is COC[C@@H](N)CCC(OC)C(=O)N[C@@H](c1nc(-c2cc(F)ccc2F)cn1Cc1ccccc1)C(C)(C)C. The standard InChI is InChI=1S/C29H38F2N4O3/c1-29(2,3)26(34-28(36)25(38-5)14-12-21(32)18-37-4)27-33-24(22-15-20(30)11-13-23(22)31)17-35(27)16-19-9-7-6-8-10-19/h6-11,13,15,17,21,25-26H,12,14,16,18,32H2,1-5H3,(H,34,36)/t21-,25?,26-/m0/s1. The number of imidazole rings is 1. The quantitative estimate of drug-likeness (QED) is 0.351. The summed E-state index contributed by atoms with van der Waals surface area (Å²) in [7, 11) is 3.06. The van der Waals surface area contributed by atoms with Gasteiger partial charge in [-0.3, -0.25) is 4.79 Å². The van der Waals surface area contributed by atoms with Gasteiger partial charge in [0.2, 0.25) is 5.91 Å². The highest BCUT2D eigenvalue weighted by molar-refractivity contribution is 5.81. The van der Waals surface area contributed by atoms with E-state index < -0.39 is 29.2 Å². The van der Waals surface area contributed by atoms with Crippen LogP contribution in [-0.4, -0.2) is 48.4 Å². The molecule has 206 valence electrons. The number of aromatic nitrogens is 2. The molecular weight excluding hydrogens is 490 g/mol. The molecule has 1 unspecified atom stereocenters. The minimum absolute atomic E-state index is 0.0546. The molecule has 3 aromatic rings. The smallest absolute Gasteiger partial charge is 0.249 e. The number of nitrogens with two attached hydrogens (primary N) is 1. The molecule has 3 N–H and O–H groups in total. The van der Waals surface area contributed by atoms with Crippen LogP contribution in [0.2, 0.25) is 0 Å². The molecule has 0 fully saturated rings. The van der Waals surface area contributed by atoms with Gasteiger partial charge < -0.3 is 25.1 Å². The van der Waals surface area contributed by atoms with Crippen molar-refractivity contribution in [1.29, 1.82) is 0 Å². The molecule has 0 bridgehead atoms. The lowest BCUT2D eigenvalue weighted by Gasteiger charge is -2.32. The number of halogens is 2. The lowest BCUT2D eigenvalue weighted by molar-refractivity contribution is -0.133. The summed E-state index contributed by atoms with van der Waals surface area (Å²) in [5.41, 5.74) is 6.90. The van der Waals surface area contributed by atoms with E-state index in [9.17, 15) is 13.6 Å². The number of nitrogens with zero attached hydrogens (tertiary/aromatic N) is 2. The number of hydrogen-bond acceptors (Lipinski definition) is 5. The Hall–Kier alpha value is -3.14. The normalized spacial score (nSPS) is 14.2. The molecule has 2 aromatic carbocycles. The Morgan fingerprint density at radius 3 is 2.45 bits per heavy atom. The molecular formula is C29H38F2N4O3. The van der Waals surface area contributed by atoms with Crippen molar-refractivity contribution in [2.75, 3.05) is 20.8 Å². The van der Waals surface area contributed by atoms with Gasteiger partial charge in [0, 0.05) is 38.6 Å². The van der Waals surface area contributed by atoms with Crippen molar-refractivity contribution in [3.63, 3.8) is 0 Å². The number of hydrogen-bond donors (Lipinski definition) is 2. The summed E-state index contributed by atoms with van der Waals surface area (Å²) < 4.78 is 41.2. The summed E-state index contributed by atoms with van der Waals surface area (Å²) in [5.74, 6) is -0.912. The van der Waals surface area contributed by atoms with Crippen LogP contribution in [-0.2, 0) is 20.8 Å². The molecule has 9 heteroatoms. The maximum Gasteiger partial charge on any atom is 0.249 e. The van der Waals surface area contributed by atoms with E-state index in [1.165, 1.54) is 7.11 Å². The van der Waals surface area contributed by atoms with Crippen molar-refractivity contribution >= 4 is 5.91 Å². The van der Waals surface area contributed by atoms with Crippen molar-refractivity contribution in [2.24, 2.45) is 11.1 Å². The number of amides is 1. The van der Waals surface area contributed by atoms with Crippen LogP contribution in [0.3, 0.4) is 0 Å². The van der Waals surface area contributed by atoms with Gasteiger partial charge in [0.05, 0.1) is 18.3 Å². The van der Waals surface area contributed by atoms with Crippen LogP contribution in [0.1, 0.15) is 51.0 Å². The molecule has 38 heavy (non-hydrogen) atoms. The van der Waals surface area contributed by atoms with Gasteiger partial charge in [-0.1, -0.05) is 51.1 Å². The fraction of sp³-hybridized carbons (Fsp3) is 0.448. The lowest BCUT2D eigenvalue weighted by atomic mass is 9.85. The highest BCUT2D eigenvalue weighted by Crippen LogP contribution is 2.35. The van der Waals surface area contributed by atoms with Gasteiger partial charge >= 0.3 is 0 Å². The van der Waals surface area contributed by atoms with Gasteiger partial charge in [0.15, 0.2) is 0 Å². The minimum Gasteiger partial charge on any atom is -0.383 e. The summed E-state index contributed by atoms with van der Waals surface area (Å²) in [5, 5.41) is 3.11. The van der Waals surface area contributed by atoms with Gasteiger partial charge in [-0.2, -0.15) is 0 Å². The van der Waals surface area contributed by atoms with Gasteiger partial charge in [-0.15, -0.1) is 0 Å². The summed E-state index contributed by atoms with van der Waals surface area (Å²) in [6, 6.07) is 12.2. The molecule has 3 rings (SSSR count). The Labute approximate surface area is 223 Å². The number of ether oxygens (including phenoxy) is 2. The van der Waals surface area contributed by atoms with Crippen molar-refractivity contribution in [1.82, 2.24) is 14.9 Å². The van der Waals surface area contributed by atoms with Gasteiger partial charge in [0.25, 0.3) is 0 Å². The van der Waals surface area contributed by atoms with E-state index in [0.717, 1.165) is 23.8 Å². The average molecular weight is 529 g/mol. The zero-order valence-corrected chi connectivity index (χ0v) is 22.7. The maximum absolute atomic E-state index is 14.7. The Morgan fingerprint density at radius 2 is 1.82 bits per heavy atom. The molecule has 1 aromatic heterocycles. The van der Waals surface area contributed by atoms with E-state index in [2.05, 4.69) is 5.32 Å². The molecule has 0 spiro atoms. The predicted octanol–water partition coefficient (Wildman–Crippen LogP) is 4.85. The van der Waals surface area contributed by atoms with Crippen LogP contribution >= 0.6 is 0 Å². The molecule has 0 saturated carbocycles. The fourth-order valence-electron chi connectivity index (χ4n) is 4.31. The first kappa shape index (κ1) is 29.4. The van der Waals surface area contributed by atoms with Crippen molar-refractivity contribution in [3.05, 3.63) is 77.8 Å². The molecule has 0 aliphatic rings. The van der Waals surface area contributed by atoms with Crippen LogP contribution in [0.4, 0.5) is 8.78 Å². The topological polar surface area (TPSA) is 91.4 Å². The number of benzene rings is 2. The molecule has 1 amide bonds. The Bertz CT molecular complexity index is 1190. The van der Waals surface area contributed by atoms with Gasteiger partial charge in [0.1, 0.15) is 23.6 Å². The van der Waals surface area contributed by atoms with Gasteiger partial charge in [-0.05, 0) is 42.0 Å². The van der Waals surface area contributed by atoms with Crippen LogP contribution in [0.15, 0.2) is 54.7 Å². The van der Waals surface area contributed by atoms with Crippen LogP contribution in [0.5, 0.6) is 0 Å². The van der Waals surface area contributed by atoms with E-state index in [-0.39, 0.29) is 23.2 Å². The number of rotatable bonds is 12. The maximum atomic E-state index is 14.7. The second-order valence-electron chi connectivity index (χ2n) is 10.5. The second kappa shape index (κ2) is 13.1. The first-order chi connectivity index (χ1) is 18.0. The monoisotopic (exact) mass is 528 g/mol. The number of nitrogens with one attached hydrogen (secondary N) is 1. The first-order valence-electron chi connectivity index (χ1n) is 12.7. The lowest BCUT2D eigenvalue weighted by Crippen LogP contribution is -2.44. The average Bonchev–Trinajstić information content (AvgIpc) is 3.27. The van der Waals surface area contributed by atoms with Gasteiger partial charge in [-0.25, -0.2) is 13.8 Å². The third-order valence-corrected chi connectivity index (χ3v) is 6.38. The highest BCUT2D eigenvalue weighted by Gasteiger charge is 2.34. The first-order valence-corrected chi connectivity index (χ1v) is 12.7. The summed E-state index contributed by atoms with van der Waals surface area (Å²) in [4.78, 5) is 18.1. The van der Waals surface area contributed by atoms with Crippen LogP contribution in [0, 0.1) is 17.0 Å². The summed E-state index contributed by atoms with van der Waals surface area (Å²) in [6.45, 7) is 6.77. The van der Waals surface area contributed by atoms with Crippen LogP contribution < -0.4 is 11.1 Å². The number of carbonyl (C=O) groups is 1. The zero-order valence-electron chi connectivity index (χ0n) is 22.7. The highest BCUT2D eigenvalue weighted by atomic mass is 19.1. The predicted molar refractivity (Wildman–Crippen MR) is 143 cm³/mol. The minimum atomic E-state index is -0.722. The number of carbonyl (C=O) groups excluding carboxylic acids is 1. The van der Waals surface area contributed by atoms with E-state index in [4.69, 9.17) is 20.2 Å². The largest absolute Gasteiger partial charge is 0.383 e. The van der Waals surface area contributed by atoms with E-state index in [1.54, 1.807) is 13.3 Å². The van der Waals surface area contributed by atoms with E-state index >= 15 is 0 Å². The fourth-order valence-corrected chi connectivity index (χ4v) is 4.31. The Balaban J connectivity index is 1.99. The van der Waals surface area contributed by atoms with Crippen LogP contribution in [0.25, 0.3) is 11.3 Å². The van der Waals surface area contributed by atoms with E-state index in [1.807, 2.05) is 55.7 Å². The third-order valence-electron chi connectivity index (χ3n) is 6.38. The third kappa shape index (κ3) is 7.69. The molecule has 0 aliphatic carbocycles. The summed E-state index contributed by atoms with van der Waals surface area (Å²) >= 11 is 0. The van der Waals surface area contributed by atoms with E-state index in [0.29, 0.717) is 31.8 Å².